The molecule has 1 aliphatic carbocycles. The van der Waals surface area contributed by atoms with Crippen LogP contribution in [0.1, 0.15) is 46.0 Å². The third-order valence-electron chi connectivity index (χ3n) is 3.26. The van der Waals surface area contributed by atoms with Crippen LogP contribution in [-0.2, 0) is 4.79 Å². The molecule has 3 nitrogen and oxygen atoms in total. The molecule has 0 unspecified atom stereocenters. The van der Waals surface area contributed by atoms with Gasteiger partial charge in [-0.15, -0.1) is 0 Å². The Balaban J connectivity index is 1.86. The molecule has 1 amide bonds. The van der Waals surface area contributed by atoms with Gasteiger partial charge in [-0.25, -0.2) is 0 Å². The maximum absolute atomic E-state index is 11.3. The van der Waals surface area contributed by atoms with Crippen molar-refractivity contribution in [2.45, 2.75) is 46.0 Å². The lowest BCUT2D eigenvalue weighted by Gasteiger charge is -2.11. The zero-order chi connectivity index (χ0) is 11.8. The van der Waals surface area contributed by atoms with E-state index in [1.165, 1.54) is 25.7 Å². The van der Waals surface area contributed by atoms with E-state index in [1.807, 2.05) is 13.8 Å². The first-order valence-electron chi connectivity index (χ1n) is 6.68. The molecule has 0 aromatic carbocycles. The molecule has 1 saturated carbocycles. The molecule has 1 rings (SSSR count). The van der Waals surface area contributed by atoms with Crippen molar-refractivity contribution < 1.29 is 4.79 Å². The number of rotatable bonds is 7. The summed E-state index contributed by atoms with van der Waals surface area (Å²) < 4.78 is 0. The average Bonchev–Trinajstić information content (AvgIpc) is 2.75. The fourth-order valence-electron chi connectivity index (χ4n) is 2.15. The highest BCUT2D eigenvalue weighted by Crippen LogP contribution is 2.23. The van der Waals surface area contributed by atoms with Crippen molar-refractivity contribution in [1.82, 2.24) is 10.6 Å². The molecule has 3 heteroatoms. The van der Waals surface area contributed by atoms with Crippen LogP contribution in [-0.4, -0.2) is 25.5 Å². The summed E-state index contributed by atoms with van der Waals surface area (Å²) in [7, 11) is 0. The van der Waals surface area contributed by atoms with Gasteiger partial charge in [-0.2, -0.15) is 0 Å². The van der Waals surface area contributed by atoms with E-state index < -0.39 is 0 Å². The SMILES string of the molecule is CC(C)C(=O)NCCCNCC1CCCC1. The normalized spacial score (nSPS) is 16.9. The van der Waals surface area contributed by atoms with E-state index in [1.54, 1.807) is 0 Å². The highest BCUT2D eigenvalue weighted by Gasteiger charge is 2.13. The Morgan fingerprint density at radius 3 is 2.56 bits per heavy atom. The van der Waals surface area contributed by atoms with Crippen LogP contribution in [0.4, 0.5) is 0 Å². The number of carbonyl (C=O) groups is 1. The second-order valence-corrected chi connectivity index (χ2v) is 5.15. The average molecular weight is 226 g/mol. The molecule has 1 fully saturated rings. The van der Waals surface area contributed by atoms with Crippen molar-refractivity contribution >= 4 is 5.91 Å². The summed E-state index contributed by atoms with van der Waals surface area (Å²) in [6.45, 7) is 6.84. The number of hydrogen-bond donors (Lipinski definition) is 2. The molecule has 0 aromatic rings. The van der Waals surface area contributed by atoms with Crippen molar-refractivity contribution in [3.8, 4) is 0 Å². The second-order valence-electron chi connectivity index (χ2n) is 5.15. The molecule has 2 N–H and O–H groups in total. The first-order chi connectivity index (χ1) is 7.70. The fraction of sp³-hybridized carbons (Fsp3) is 0.923. The van der Waals surface area contributed by atoms with E-state index in [-0.39, 0.29) is 11.8 Å². The van der Waals surface area contributed by atoms with Crippen LogP contribution < -0.4 is 10.6 Å². The lowest BCUT2D eigenvalue weighted by atomic mass is 10.1. The largest absolute Gasteiger partial charge is 0.356 e. The highest BCUT2D eigenvalue weighted by molar-refractivity contribution is 5.77. The van der Waals surface area contributed by atoms with Gasteiger partial charge >= 0.3 is 0 Å². The third-order valence-corrected chi connectivity index (χ3v) is 3.26. The Kier molecular flexibility index (Phi) is 6.46. The smallest absolute Gasteiger partial charge is 0.222 e. The fourth-order valence-corrected chi connectivity index (χ4v) is 2.15. The lowest BCUT2D eigenvalue weighted by Crippen LogP contribution is -2.31. The standard InChI is InChI=1S/C13H26N2O/c1-11(2)13(16)15-9-5-8-14-10-12-6-3-4-7-12/h11-12,14H,3-10H2,1-2H3,(H,15,16). The molecule has 0 radical (unpaired) electrons. The topological polar surface area (TPSA) is 41.1 Å². The Labute approximate surface area is 99.4 Å². The van der Waals surface area contributed by atoms with Gasteiger partial charge in [-0.1, -0.05) is 26.7 Å². The maximum atomic E-state index is 11.3. The first kappa shape index (κ1) is 13.5. The van der Waals surface area contributed by atoms with Crippen LogP contribution in [0.15, 0.2) is 0 Å². The summed E-state index contributed by atoms with van der Waals surface area (Å²) in [5.74, 6) is 1.17. The third kappa shape index (κ3) is 5.50. The second kappa shape index (κ2) is 7.66. The zero-order valence-corrected chi connectivity index (χ0v) is 10.7. The molecule has 1 aliphatic rings. The summed E-state index contributed by atoms with van der Waals surface area (Å²) in [5, 5.41) is 6.41. The molecule has 0 saturated heterocycles. The van der Waals surface area contributed by atoms with Gasteiger partial charge in [-0.05, 0) is 38.3 Å². The van der Waals surface area contributed by atoms with E-state index in [4.69, 9.17) is 0 Å². The quantitative estimate of drug-likeness (QED) is 0.651. The molecule has 0 heterocycles. The predicted octanol–water partition coefficient (Wildman–Crippen LogP) is 1.93. The Hall–Kier alpha value is -0.570. The first-order valence-corrected chi connectivity index (χ1v) is 6.68. The van der Waals surface area contributed by atoms with Crippen LogP contribution in [0.2, 0.25) is 0 Å². The van der Waals surface area contributed by atoms with Crippen LogP contribution in [0.3, 0.4) is 0 Å². The summed E-state index contributed by atoms with van der Waals surface area (Å²) in [4.78, 5) is 11.3. The minimum atomic E-state index is 0.103. The predicted molar refractivity (Wildman–Crippen MR) is 67.3 cm³/mol. The summed E-state index contributed by atoms with van der Waals surface area (Å²) in [6.07, 6.45) is 6.66. The van der Waals surface area contributed by atoms with Gasteiger partial charge in [0.2, 0.25) is 5.91 Å². The molecule has 0 spiro atoms. The van der Waals surface area contributed by atoms with Crippen molar-refractivity contribution in [1.29, 1.82) is 0 Å². The molecule has 0 atom stereocenters. The Morgan fingerprint density at radius 2 is 1.94 bits per heavy atom. The van der Waals surface area contributed by atoms with Crippen molar-refractivity contribution in [2.24, 2.45) is 11.8 Å². The molecule has 0 aliphatic heterocycles. The van der Waals surface area contributed by atoms with Crippen LogP contribution in [0.5, 0.6) is 0 Å². The van der Waals surface area contributed by atoms with E-state index >= 15 is 0 Å². The molecule has 94 valence electrons. The molecule has 0 bridgehead atoms. The van der Waals surface area contributed by atoms with Crippen LogP contribution >= 0.6 is 0 Å². The van der Waals surface area contributed by atoms with Gasteiger partial charge < -0.3 is 10.6 Å². The lowest BCUT2D eigenvalue weighted by molar-refractivity contribution is -0.123. The van der Waals surface area contributed by atoms with E-state index in [0.717, 1.165) is 32.0 Å². The monoisotopic (exact) mass is 226 g/mol. The van der Waals surface area contributed by atoms with Gasteiger partial charge in [0.1, 0.15) is 0 Å². The van der Waals surface area contributed by atoms with Crippen molar-refractivity contribution in [3.05, 3.63) is 0 Å². The number of nitrogens with one attached hydrogen (secondary N) is 2. The highest BCUT2D eigenvalue weighted by atomic mass is 16.1. The van der Waals surface area contributed by atoms with Crippen LogP contribution in [0, 0.1) is 11.8 Å². The molecule has 16 heavy (non-hydrogen) atoms. The summed E-state index contributed by atoms with van der Waals surface area (Å²) in [5.41, 5.74) is 0. The van der Waals surface area contributed by atoms with Gasteiger partial charge in [0.15, 0.2) is 0 Å². The zero-order valence-electron chi connectivity index (χ0n) is 10.7. The number of carbonyl (C=O) groups excluding carboxylic acids is 1. The van der Waals surface area contributed by atoms with Crippen LogP contribution in [0.25, 0.3) is 0 Å². The minimum Gasteiger partial charge on any atom is -0.356 e. The van der Waals surface area contributed by atoms with E-state index in [2.05, 4.69) is 10.6 Å². The van der Waals surface area contributed by atoms with Gasteiger partial charge in [0, 0.05) is 12.5 Å². The summed E-state index contributed by atoms with van der Waals surface area (Å²) in [6, 6.07) is 0. The Morgan fingerprint density at radius 1 is 1.25 bits per heavy atom. The minimum absolute atomic E-state index is 0.103. The number of hydrogen-bond acceptors (Lipinski definition) is 2. The van der Waals surface area contributed by atoms with Crippen molar-refractivity contribution in [3.63, 3.8) is 0 Å². The van der Waals surface area contributed by atoms with Crippen molar-refractivity contribution in [2.75, 3.05) is 19.6 Å². The molecule has 0 aromatic heterocycles. The van der Waals surface area contributed by atoms with Gasteiger partial charge in [-0.3, -0.25) is 4.79 Å². The molecular formula is C13H26N2O. The summed E-state index contributed by atoms with van der Waals surface area (Å²) >= 11 is 0. The Bertz CT molecular complexity index is 198. The number of amides is 1. The maximum Gasteiger partial charge on any atom is 0.222 e. The molecular weight excluding hydrogens is 200 g/mol. The van der Waals surface area contributed by atoms with E-state index in [0.29, 0.717) is 0 Å². The van der Waals surface area contributed by atoms with Gasteiger partial charge in [0.05, 0.1) is 0 Å². The van der Waals surface area contributed by atoms with E-state index in [9.17, 15) is 4.79 Å². The van der Waals surface area contributed by atoms with Gasteiger partial charge in [0.25, 0.3) is 0 Å².